The van der Waals surface area contributed by atoms with Crippen LogP contribution in [0.2, 0.25) is 0 Å². The summed E-state index contributed by atoms with van der Waals surface area (Å²) in [6.07, 6.45) is 6.18. The van der Waals surface area contributed by atoms with E-state index in [9.17, 15) is 4.39 Å². The number of aromatic nitrogens is 3. The molecular weight excluding hydrogens is 353 g/mol. The van der Waals surface area contributed by atoms with E-state index in [1.54, 1.807) is 18.5 Å². The van der Waals surface area contributed by atoms with Crippen molar-refractivity contribution in [1.82, 2.24) is 19.9 Å². The number of benzene rings is 1. The summed E-state index contributed by atoms with van der Waals surface area (Å²) in [7, 11) is 0. The van der Waals surface area contributed by atoms with E-state index in [1.807, 2.05) is 24.5 Å². The van der Waals surface area contributed by atoms with Crippen molar-refractivity contribution in [2.45, 2.75) is 45.6 Å². The molecule has 1 saturated heterocycles. The second-order valence-electron chi connectivity index (χ2n) is 7.41. The second kappa shape index (κ2) is 7.87. The molecule has 0 radical (unpaired) electrons. The van der Waals surface area contributed by atoms with Crippen LogP contribution in [-0.4, -0.2) is 40.2 Å². The quantitative estimate of drug-likeness (QED) is 0.736. The molecule has 0 spiro atoms. The third-order valence-corrected chi connectivity index (χ3v) is 5.36. The van der Waals surface area contributed by atoms with E-state index < -0.39 is 0 Å². The molecule has 28 heavy (non-hydrogen) atoms. The van der Waals surface area contributed by atoms with Crippen molar-refractivity contribution in [2.75, 3.05) is 24.5 Å². The molecule has 5 rings (SSSR count). The molecule has 2 aliphatic rings. The van der Waals surface area contributed by atoms with Gasteiger partial charge in [-0.05, 0) is 49.4 Å². The van der Waals surface area contributed by atoms with Gasteiger partial charge in [-0.3, -0.25) is 0 Å². The van der Waals surface area contributed by atoms with Crippen LogP contribution in [0.1, 0.15) is 45.1 Å². The van der Waals surface area contributed by atoms with Crippen molar-refractivity contribution in [2.24, 2.45) is 0 Å². The van der Waals surface area contributed by atoms with Gasteiger partial charge in [0.05, 0.1) is 5.39 Å². The normalized spacial score (nSPS) is 19.4. The molecule has 5 nitrogen and oxygen atoms in total. The van der Waals surface area contributed by atoms with Gasteiger partial charge in [-0.1, -0.05) is 19.9 Å². The van der Waals surface area contributed by atoms with E-state index in [4.69, 9.17) is 0 Å². The van der Waals surface area contributed by atoms with Gasteiger partial charge in [0.25, 0.3) is 0 Å². The Morgan fingerprint density at radius 3 is 2.71 bits per heavy atom. The van der Waals surface area contributed by atoms with Crippen LogP contribution >= 0.6 is 0 Å². The Kier molecular flexibility index (Phi) is 5.31. The van der Waals surface area contributed by atoms with Crippen LogP contribution < -0.4 is 10.2 Å². The van der Waals surface area contributed by atoms with Gasteiger partial charge in [0, 0.05) is 37.6 Å². The Hall–Kier alpha value is -2.47. The predicted molar refractivity (Wildman–Crippen MR) is 112 cm³/mol. The largest absolute Gasteiger partial charge is 0.353 e. The maximum absolute atomic E-state index is 13.8. The number of halogens is 1. The summed E-state index contributed by atoms with van der Waals surface area (Å²) >= 11 is 0. The van der Waals surface area contributed by atoms with Crippen LogP contribution in [0.15, 0.2) is 36.8 Å². The van der Waals surface area contributed by atoms with Crippen LogP contribution in [0, 0.1) is 5.82 Å². The Balaban J connectivity index is 0.000000932. The lowest BCUT2D eigenvalue weighted by molar-refractivity contribution is 0.483. The third kappa shape index (κ3) is 3.49. The zero-order valence-corrected chi connectivity index (χ0v) is 16.8. The van der Waals surface area contributed by atoms with Gasteiger partial charge >= 0.3 is 0 Å². The first-order valence-corrected chi connectivity index (χ1v) is 10.3. The van der Waals surface area contributed by atoms with Gasteiger partial charge in [-0.25, -0.2) is 14.4 Å². The predicted octanol–water partition coefficient (Wildman–Crippen LogP) is 4.26. The van der Waals surface area contributed by atoms with E-state index in [0.717, 1.165) is 42.2 Å². The molecule has 1 N–H and O–H groups in total. The summed E-state index contributed by atoms with van der Waals surface area (Å²) in [5, 5.41) is 4.62. The standard InChI is InChI=1S/C20H22FN5.C2H6/c1-13-10-25(8-7-22-13)19-18-17(14-5-6-14)11-26(20(18)24-12-23-19)16-4-2-3-15(21)9-16;1-2/h2-4,9,11-14,22H,5-8,10H2,1H3;1-2H3. The molecule has 0 bridgehead atoms. The average Bonchev–Trinajstić information content (AvgIpc) is 3.49. The number of fused-ring (bicyclic) bond motifs is 1. The van der Waals surface area contributed by atoms with Gasteiger partial charge in [0.15, 0.2) is 0 Å². The summed E-state index contributed by atoms with van der Waals surface area (Å²) < 4.78 is 15.8. The molecule has 1 unspecified atom stereocenters. The highest BCUT2D eigenvalue weighted by atomic mass is 19.1. The minimum absolute atomic E-state index is 0.234. The molecule has 3 aromatic rings. The van der Waals surface area contributed by atoms with E-state index in [2.05, 4.69) is 33.3 Å². The summed E-state index contributed by atoms with van der Waals surface area (Å²) in [6, 6.07) is 7.13. The van der Waals surface area contributed by atoms with Gasteiger partial charge in [-0.2, -0.15) is 0 Å². The maximum Gasteiger partial charge on any atom is 0.150 e. The molecule has 6 heteroatoms. The highest BCUT2D eigenvalue weighted by Gasteiger charge is 2.31. The molecule has 1 saturated carbocycles. The van der Waals surface area contributed by atoms with Gasteiger partial charge in [0.1, 0.15) is 23.6 Å². The van der Waals surface area contributed by atoms with Crippen molar-refractivity contribution in [3.8, 4) is 5.69 Å². The highest BCUT2D eigenvalue weighted by molar-refractivity contribution is 5.93. The van der Waals surface area contributed by atoms with Crippen molar-refractivity contribution in [3.63, 3.8) is 0 Å². The molecule has 2 fully saturated rings. The third-order valence-electron chi connectivity index (χ3n) is 5.36. The van der Waals surface area contributed by atoms with Crippen molar-refractivity contribution in [1.29, 1.82) is 0 Å². The fraction of sp³-hybridized carbons (Fsp3) is 0.455. The number of rotatable bonds is 3. The Morgan fingerprint density at radius 1 is 1.18 bits per heavy atom. The lowest BCUT2D eigenvalue weighted by Gasteiger charge is -2.33. The van der Waals surface area contributed by atoms with Crippen molar-refractivity contribution in [3.05, 3.63) is 48.2 Å². The zero-order chi connectivity index (χ0) is 19.7. The minimum atomic E-state index is -0.234. The van der Waals surface area contributed by atoms with Gasteiger partial charge in [-0.15, -0.1) is 0 Å². The Labute approximate surface area is 165 Å². The van der Waals surface area contributed by atoms with Gasteiger partial charge < -0.3 is 14.8 Å². The van der Waals surface area contributed by atoms with Crippen molar-refractivity contribution < 1.29 is 4.39 Å². The first-order chi connectivity index (χ1) is 13.7. The van der Waals surface area contributed by atoms with E-state index in [0.29, 0.717) is 12.0 Å². The number of nitrogens with zero attached hydrogens (tertiary/aromatic N) is 4. The van der Waals surface area contributed by atoms with Crippen LogP contribution in [-0.2, 0) is 0 Å². The summed E-state index contributed by atoms with van der Waals surface area (Å²) in [6.45, 7) is 9.02. The number of hydrogen-bond acceptors (Lipinski definition) is 4. The van der Waals surface area contributed by atoms with Gasteiger partial charge in [0.2, 0.25) is 0 Å². The summed E-state index contributed by atoms with van der Waals surface area (Å²) in [4.78, 5) is 11.6. The highest BCUT2D eigenvalue weighted by Crippen LogP contribution is 2.46. The monoisotopic (exact) mass is 381 g/mol. The molecule has 1 aliphatic carbocycles. The van der Waals surface area contributed by atoms with Crippen LogP contribution in [0.5, 0.6) is 0 Å². The van der Waals surface area contributed by atoms with E-state index in [1.165, 1.54) is 24.5 Å². The molecule has 3 heterocycles. The van der Waals surface area contributed by atoms with Crippen LogP contribution in [0.3, 0.4) is 0 Å². The first-order valence-electron chi connectivity index (χ1n) is 10.3. The molecule has 148 valence electrons. The van der Waals surface area contributed by atoms with E-state index in [-0.39, 0.29) is 5.82 Å². The number of nitrogens with one attached hydrogen (secondary N) is 1. The van der Waals surface area contributed by atoms with Crippen molar-refractivity contribution >= 4 is 16.9 Å². The molecule has 1 atom stereocenters. The molecule has 2 aromatic heterocycles. The second-order valence-corrected chi connectivity index (χ2v) is 7.41. The Bertz CT molecular complexity index is 963. The average molecular weight is 381 g/mol. The summed E-state index contributed by atoms with van der Waals surface area (Å²) in [5.74, 6) is 1.35. The zero-order valence-electron chi connectivity index (χ0n) is 16.8. The molecular formula is C22H28FN5. The topological polar surface area (TPSA) is 46.0 Å². The summed E-state index contributed by atoms with van der Waals surface area (Å²) in [5.41, 5.74) is 2.97. The Morgan fingerprint density at radius 2 is 2.00 bits per heavy atom. The first kappa shape index (κ1) is 18.9. The van der Waals surface area contributed by atoms with Crippen LogP contribution in [0.25, 0.3) is 16.7 Å². The maximum atomic E-state index is 13.8. The molecule has 0 amide bonds. The minimum Gasteiger partial charge on any atom is -0.353 e. The lowest BCUT2D eigenvalue weighted by atomic mass is 10.1. The van der Waals surface area contributed by atoms with Crippen LogP contribution in [0.4, 0.5) is 10.2 Å². The lowest BCUT2D eigenvalue weighted by Crippen LogP contribution is -2.49. The number of anilines is 1. The molecule has 1 aromatic carbocycles. The number of hydrogen-bond donors (Lipinski definition) is 1. The molecule has 1 aliphatic heterocycles. The number of piperazine rings is 1. The SMILES string of the molecule is CC.CC1CN(c2ncnc3c2c(C2CC2)cn3-c2cccc(F)c2)CCN1. The fourth-order valence-electron chi connectivity index (χ4n) is 3.96. The smallest absolute Gasteiger partial charge is 0.150 e. The fourth-order valence-corrected chi connectivity index (χ4v) is 3.96. The van der Waals surface area contributed by atoms with E-state index >= 15 is 0 Å².